The average molecular weight is 350 g/mol. The first-order valence-corrected chi connectivity index (χ1v) is 8.64. The number of carbonyl (C=O) groups excluding carboxylic acids is 2. The van der Waals surface area contributed by atoms with Gasteiger partial charge >= 0.3 is 0 Å². The molecule has 26 heavy (non-hydrogen) atoms. The fourth-order valence-electron chi connectivity index (χ4n) is 2.84. The number of hydrogen-bond donors (Lipinski definition) is 1. The van der Waals surface area contributed by atoms with Crippen molar-refractivity contribution < 1.29 is 14.3 Å². The minimum absolute atomic E-state index is 0.0536. The molecule has 5 nitrogen and oxygen atoms in total. The number of amides is 1. The molecular weight excluding hydrogens is 328 g/mol. The van der Waals surface area contributed by atoms with E-state index in [1.165, 1.54) is 0 Å². The molecule has 1 atom stereocenters. The molecule has 0 fully saturated rings. The molecule has 0 spiro atoms. The Balaban J connectivity index is 2.10. The number of ether oxygens (including phenoxy) is 1. The van der Waals surface area contributed by atoms with Crippen LogP contribution in [-0.4, -0.2) is 29.2 Å². The summed E-state index contributed by atoms with van der Waals surface area (Å²) in [4.78, 5) is 25.4. The summed E-state index contributed by atoms with van der Waals surface area (Å²) in [6.45, 7) is 3.84. The summed E-state index contributed by atoms with van der Waals surface area (Å²) >= 11 is 0. The first kappa shape index (κ1) is 17.7. The molecule has 0 radical (unpaired) electrons. The third-order valence-corrected chi connectivity index (χ3v) is 4.49. The number of Topliss-reactive ketones (excluding diaryl/α,β-unsaturated/α-hetero) is 1. The molecular formula is C21H22N2O3. The molecule has 5 heteroatoms. The summed E-state index contributed by atoms with van der Waals surface area (Å²) in [5, 5.41) is 2.76. The summed E-state index contributed by atoms with van der Waals surface area (Å²) in [5.41, 5.74) is 2.81. The highest BCUT2D eigenvalue weighted by molar-refractivity contribution is 6.43. The number of pyridine rings is 1. The van der Waals surface area contributed by atoms with Crippen LogP contribution in [0.4, 0.5) is 0 Å². The highest BCUT2D eigenvalue weighted by atomic mass is 16.5. The van der Waals surface area contributed by atoms with E-state index in [-0.39, 0.29) is 6.04 Å². The van der Waals surface area contributed by atoms with Gasteiger partial charge in [-0.05, 0) is 49.2 Å². The zero-order chi connectivity index (χ0) is 18.7. The number of nitrogens with zero attached hydrogens (tertiary/aromatic N) is 1. The van der Waals surface area contributed by atoms with Crippen LogP contribution in [0, 0.1) is 0 Å². The Morgan fingerprint density at radius 2 is 1.88 bits per heavy atom. The quantitative estimate of drug-likeness (QED) is 0.544. The maximum absolute atomic E-state index is 12.9. The SMILES string of the molecule is CC[C@H](C)NC(=O)C(=O)c1c(-c2ccc(OC)cc2)cc2ccccn12. The van der Waals surface area contributed by atoms with Gasteiger partial charge in [0.1, 0.15) is 11.4 Å². The highest BCUT2D eigenvalue weighted by Gasteiger charge is 2.25. The normalized spacial score (nSPS) is 12.0. The van der Waals surface area contributed by atoms with Crippen LogP contribution in [0.5, 0.6) is 5.75 Å². The van der Waals surface area contributed by atoms with Crippen LogP contribution >= 0.6 is 0 Å². The first-order valence-electron chi connectivity index (χ1n) is 8.64. The Kier molecular flexibility index (Phi) is 5.07. The molecule has 1 aromatic carbocycles. The number of hydrogen-bond acceptors (Lipinski definition) is 3. The number of methoxy groups -OCH3 is 1. The van der Waals surface area contributed by atoms with Crippen molar-refractivity contribution >= 4 is 17.2 Å². The summed E-state index contributed by atoms with van der Waals surface area (Å²) in [5.74, 6) is -0.389. The topological polar surface area (TPSA) is 59.8 Å². The molecule has 2 aromatic heterocycles. The van der Waals surface area contributed by atoms with Crippen LogP contribution < -0.4 is 10.1 Å². The molecule has 0 aliphatic carbocycles. The van der Waals surface area contributed by atoms with Crippen LogP contribution in [0.15, 0.2) is 54.7 Å². The number of benzene rings is 1. The van der Waals surface area contributed by atoms with Crippen LogP contribution in [0.25, 0.3) is 16.6 Å². The molecule has 0 unspecified atom stereocenters. The van der Waals surface area contributed by atoms with E-state index >= 15 is 0 Å². The third kappa shape index (κ3) is 3.33. The minimum Gasteiger partial charge on any atom is -0.497 e. The van der Waals surface area contributed by atoms with E-state index < -0.39 is 11.7 Å². The smallest absolute Gasteiger partial charge is 0.294 e. The van der Waals surface area contributed by atoms with Gasteiger partial charge in [-0.3, -0.25) is 9.59 Å². The second-order valence-electron chi connectivity index (χ2n) is 6.24. The van der Waals surface area contributed by atoms with Gasteiger partial charge in [0, 0.05) is 23.3 Å². The van der Waals surface area contributed by atoms with Crippen LogP contribution in [-0.2, 0) is 4.79 Å². The van der Waals surface area contributed by atoms with Crippen molar-refractivity contribution in [3.63, 3.8) is 0 Å². The molecule has 134 valence electrons. The Bertz CT molecular complexity index is 942. The molecule has 3 aromatic rings. The zero-order valence-electron chi connectivity index (χ0n) is 15.2. The predicted molar refractivity (Wildman–Crippen MR) is 102 cm³/mol. The van der Waals surface area contributed by atoms with Crippen LogP contribution in [0.2, 0.25) is 0 Å². The van der Waals surface area contributed by atoms with E-state index in [1.807, 2.05) is 62.4 Å². The lowest BCUT2D eigenvalue weighted by molar-refractivity contribution is -0.117. The molecule has 1 amide bonds. The highest BCUT2D eigenvalue weighted by Crippen LogP contribution is 2.29. The number of fused-ring (bicyclic) bond motifs is 1. The summed E-state index contributed by atoms with van der Waals surface area (Å²) < 4.78 is 6.96. The Morgan fingerprint density at radius 1 is 1.15 bits per heavy atom. The summed E-state index contributed by atoms with van der Waals surface area (Å²) in [6, 6.07) is 15.0. The van der Waals surface area contributed by atoms with Gasteiger partial charge in [-0.1, -0.05) is 25.1 Å². The zero-order valence-corrected chi connectivity index (χ0v) is 15.2. The van der Waals surface area contributed by atoms with E-state index in [0.717, 1.165) is 28.8 Å². The molecule has 1 N–H and O–H groups in total. The Hall–Kier alpha value is -3.08. The lowest BCUT2D eigenvalue weighted by Gasteiger charge is -2.12. The number of ketones is 1. The standard InChI is InChI=1S/C21H22N2O3/c1-4-14(2)22-21(25)20(24)19-18(13-16-7-5-6-12-23(16)19)15-8-10-17(26-3)11-9-15/h5-14H,4H2,1-3H3,(H,22,25)/t14-/m0/s1. The van der Waals surface area contributed by atoms with Crippen molar-refractivity contribution in [3.8, 4) is 16.9 Å². The first-order chi connectivity index (χ1) is 12.5. The van der Waals surface area contributed by atoms with Gasteiger partial charge in [0.15, 0.2) is 0 Å². The van der Waals surface area contributed by atoms with Gasteiger partial charge in [0.25, 0.3) is 11.7 Å². The van der Waals surface area contributed by atoms with Crippen molar-refractivity contribution in [1.82, 2.24) is 9.72 Å². The van der Waals surface area contributed by atoms with E-state index in [2.05, 4.69) is 5.32 Å². The van der Waals surface area contributed by atoms with Gasteiger partial charge in [0.05, 0.1) is 7.11 Å². The fraction of sp³-hybridized carbons (Fsp3) is 0.238. The molecule has 0 bridgehead atoms. The molecule has 0 saturated heterocycles. The predicted octanol–water partition coefficient (Wildman–Crippen LogP) is 3.71. The molecule has 0 aliphatic heterocycles. The Morgan fingerprint density at radius 3 is 2.54 bits per heavy atom. The van der Waals surface area contributed by atoms with Gasteiger partial charge < -0.3 is 14.5 Å². The van der Waals surface area contributed by atoms with Gasteiger partial charge in [-0.25, -0.2) is 0 Å². The average Bonchev–Trinajstić information content (AvgIpc) is 3.06. The minimum atomic E-state index is -0.585. The number of rotatable bonds is 6. The molecule has 2 heterocycles. The third-order valence-electron chi connectivity index (χ3n) is 4.49. The number of carbonyl (C=O) groups is 2. The maximum atomic E-state index is 12.9. The van der Waals surface area contributed by atoms with E-state index in [0.29, 0.717) is 5.69 Å². The number of nitrogens with one attached hydrogen (secondary N) is 1. The molecule has 0 aliphatic rings. The molecule has 0 saturated carbocycles. The van der Waals surface area contributed by atoms with Crippen molar-refractivity contribution in [1.29, 1.82) is 0 Å². The Labute approximate surface area is 152 Å². The number of aromatic nitrogens is 1. The largest absolute Gasteiger partial charge is 0.497 e. The van der Waals surface area contributed by atoms with E-state index in [9.17, 15) is 9.59 Å². The molecule has 3 rings (SSSR count). The van der Waals surface area contributed by atoms with E-state index in [1.54, 1.807) is 17.7 Å². The monoisotopic (exact) mass is 350 g/mol. The van der Waals surface area contributed by atoms with Crippen LogP contribution in [0.3, 0.4) is 0 Å². The lowest BCUT2D eigenvalue weighted by atomic mass is 10.0. The second kappa shape index (κ2) is 7.44. The van der Waals surface area contributed by atoms with Crippen molar-refractivity contribution in [2.45, 2.75) is 26.3 Å². The van der Waals surface area contributed by atoms with Crippen LogP contribution in [0.1, 0.15) is 30.8 Å². The van der Waals surface area contributed by atoms with Gasteiger partial charge in [-0.2, -0.15) is 0 Å². The summed E-state index contributed by atoms with van der Waals surface area (Å²) in [6.07, 6.45) is 2.56. The van der Waals surface area contributed by atoms with Gasteiger partial charge in [-0.15, -0.1) is 0 Å². The summed E-state index contributed by atoms with van der Waals surface area (Å²) in [7, 11) is 1.61. The second-order valence-corrected chi connectivity index (χ2v) is 6.24. The maximum Gasteiger partial charge on any atom is 0.294 e. The van der Waals surface area contributed by atoms with Gasteiger partial charge in [0.2, 0.25) is 0 Å². The van der Waals surface area contributed by atoms with E-state index in [4.69, 9.17) is 4.74 Å². The van der Waals surface area contributed by atoms with Crippen molar-refractivity contribution in [2.75, 3.05) is 7.11 Å². The van der Waals surface area contributed by atoms with Crippen molar-refractivity contribution in [2.24, 2.45) is 0 Å². The fourth-order valence-corrected chi connectivity index (χ4v) is 2.84. The van der Waals surface area contributed by atoms with Crippen molar-refractivity contribution in [3.05, 3.63) is 60.4 Å². The lowest BCUT2D eigenvalue weighted by Crippen LogP contribution is -2.37.